The lowest BCUT2D eigenvalue weighted by Gasteiger charge is -2.37. The lowest BCUT2D eigenvalue weighted by Crippen LogP contribution is -2.54. The molecule has 0 spiro atoms. The summed E-state index contributed by atoms with van der Waals surface area (Å²) in [5.74, 6) is 0.474. The Balaban J connectivity index is 2.82. The Morgan fingerprint density at radius 1 is 0.323 bits per heavy atom. The Morgan fingerprint density at radius 2 is 0.597 bits per heavy atom. The largest absolute Gasteiger partial charge is 0.338 e. The summed E-state index contributed by atoms with van der Waals surface area (Å²) in [4.78, 5) is 39.2. The van der Waals surface area contributed by atoms with Gasteiger partial charge < -0.3 is 14.7 Å². The molecular formula is C55H105N5O2. The molecule has 0 bridgehead atoms. The molecule has 7 nitrogen and oxygen atoms in total. The van der Waals surface area contributed by atoms with Crippen molar-refractivity contribution < 1.29 is 9.59 Å². The Bertz CT molecular complexity index is 1040. The number of nitrogens with zero attached hydrogens (tertiary/aromatic N) is 5. The van der Waals surface area contributed by atoms with E-state index in [2.05, 4.69) is 85.8 Å². The van der Waals surface area contributed by atoms with Crippen LogP contribution in [0.2, 0.25) is 0 Å². The van der Waals surface area contributed by atoms with Crippen LogP contribution < -0.4 is 0 Å². The minimum Gasteiger partial charge on any atom is -0.338 e. The van der Waals surface area contributed by atoms with Gasteiger partial charge >= 0.3 is 0 Å². The van der Waals surface area contributed by atoms with Crippen LogP contribution in [0.15, 0.2) is 36.5 Å². The summed E-state index contributed by atoms with van der Waals surface area (Å²) in [5, 5.41) is 0. The molecule has 1 rings (SSSR count). The minimum atomic E-state index is 0.222. The van der Waals surface area contributed by atoms with E-state index in [9.17, 15) is 9.59 Å². The van der Waals surface area contributed by atoms with E-state index in [1.807, 2.05) is 9.80 Å². The maximum Gasteiger partial charge on any atom is 0.236 e. The molecule has 0 aromatic rings. The molecule has 2 amide bonds. The van der Waals surface area contributed by atoms with Gasteiger partial charge in [-0.2, -0.15) is 0 Å². The van der Waals surface area contributed by atoms with Crippen LogP contribution in [-0.2, 0) is 9.59 Å². The van der Waals surface area contributed by atoms with E-state index in [4.69, 9.17) is 0 Å². The number of piperazine rings is 1. The molecule has 0 unspecified atom stereocenters. The highest BCUT2D eigenvalue weighted by Crippen LogP contribution is 2.13. The number of hydrogen-bond donors (Lipinski definition) is 0. The van der Waals surface area contributed by atoms with Crippen molar-refractivity contribution >= 4 is 11.8 Å². The predicted octanol–water partition coefficient (Wildman–Crippen LogP) is 13.6. The first-order chi connectivity index (χ1) is 30.5. The third-order valence-electron chi connectivity index (χ3n) is 12.9. The van der Waals surface area contributed by atoms with Crippen LogP contribution in [0.3, 0.4) is 0 Å². The zero-order valence-electron chi connectivity index (χ0n) is 42.2. The normalized spacial score (nSPS) is 13.8. The van der Waals surface area contributed by atoms with Crippen molar-refractivity contribution in [3.05, 3.63) is 36.5 Å². The van der Waals surface area contributed by atoms with Crippen LogP contribution in [-0.4, -0.2) is 121 Å². The molecule has 0 atom stereocenters. The molecule has 1 heterocycles. The van der Waals surface area contributed by atoms with E-state index in [0.29, 0.717) is 39.3 Å². The molecule has 0 aliphatic carbocycles. The molecule has 1 saturated heterocycles. The Morgan fingerprint density at radius 3 is 0.968 bits per heavy atom. The summed E-state index contributed by atoms with van der Waals surface area (Å²) in [6, 6.07) is 0. The summed E-state index contributed by atoms with van der Waals surface area (Å²) in [5.41, 5.74) is 0. The number of allylic oxidation sites excluding steroid dienone is 3. The van der Waals surface area contributed by atoms with Crippen molar-refractivity contribution in [2.75, 3.05) is 85.1 Å². The second-order valence-electron chi connectivity index (χ2n) is 18.7. The number of amides is 2. The maximum absolute atomic E-state index is 13.9. The summed E-state index contributed by atoms with van der Waals surface area (Å²) in [6.07, 6.45) is 50.7. The number of unbranched alkanes of at least 4 members (excludes halogenated alkanes) is 21. The molecule has 0 aromatic heterocycles. The fourth-order valence-corrected chi connectivity index (χ4v) is 8.55. The fourth-order valence-electron chi connectivity index (χ4n) is 8.55. The van der Waals surface area contributed by atoms with Gasteiger partial charge in [0.1, 0.15) is 0 Å². The van der Waals surface area contributed by atoms with Gasteiger partial charge in [0.2, 0.25) is 11.8 Å². The standard InChI is InChI=1S/C55H105N5O2/c1-6-11-16-21-26-31-36-41-56(42-37-32-27-22-17-12-7-2)46-47-58(45-40-35-30-25-20-15-10-5)53-55(62)60-50-48-59(49-51-60)54(61)52-57(43-38-33-28-23-18-13-8-3)44-39-34-29-24-19-14-9-4/h26-27,30-32,35H,6-25,28-29,33-34,36-53H2,1-5H3/b31-26-,32-27-,35-30-. The van der Waals surface area contributed by atoms with E-state index < -0.39 is 0 Å². The lowest BCUT2D eigenvalue weighted by molar-refractivity contribution is -0.140. The molecule has 0 N–H and O–H groups in total. The van der Waals surface area contributed by atoms with Crippen LogP contribution in [0, 0.1) is 0 Å². The SMILES string of the molecule is CCCCC/C=C\CCN(CC/C=C\CCCCC)CCN(CC/C=C\CCCCC)CC(=O)N1CCN(C(=O)CN(CCCCCCCCC)CCCCCCCCC)CC1. The molecule has 7 heteroatoms. The molecule has 62 heavy (non-hydrogen) atoms. The monoisotopic (exact) mass is 868 g/mol. The Kier molecular flexibility index (Phi) is 41.4. The second kappa shape index (κ2) is 44.3. The molecule has 1 aliphatic heterocycles. The third-order valence-corrected chi connectivity index (χ3v) is 12.9. The van der Waals surface area contributed by atoms with Gasteiger partial charge in [-0.3, -0.25) is 19.4 Å². The van der Waals surface area contributed by atoms with Gasteiger partial charge in [-0.1, -0.05) is 187 Å². The minimum absolute atomic E-state index is 0.222. The van der Waals surface area contributed by atoms with Gasteiger partial charge in [-0.05, 0) is 83.7 Å². The summed E-state index contributed by atoms with van der Waals surface area (Å²) in [6.45, 7) is 21.9. The molecular weight excluding hydrogens is 763 g/mol. The van der Waals surface area contributed by atoms with Crippen molar-refractivity contribution in [1.82, 2.24) is 24.5 Å². The average molecular weight is 868 g/mol. The van der Waals surface area contributed by atoms with Crippen molar-refractivity contribution in [2.45, 2.75) is 221 Å². The van der Waals surface area contributed by atoms with Crippen molar-refractivity contribution in [1.29, 1.82) is 0 Å². The van der Waals surface area contributed by atoms with Crippen LogP contribution in [0.5, 0.6) is 0 Å². The molecule has 362 valence electrons. The summed E-state index contributed by atoms with van der Waals surface area (Å²) >= 11 is 0. The topological polar surface area (TPSA) is 50.3 Å². The van der Waals surface area contributed by atoms with Crippen LogP contribution >= 0.6 is 0 Å². The van der Waals surface area contributed by atoms with Crippen molar-refractivity contribution in [3.8, 4) is 0 Å². The molecule has 0 aromatic carbocycles. The van der Waals surface area contributed by atoms with Crippen LogP contribution in [0.1, 0.15) is 221 Å². The van der Waals surface area contributed by atoms with E-state index >= 15 is 0 Å². The smallest absolute Gasteiger partial charge is 0.236 e. The first kappa shape index (κ1) is 58.1. The molecule has 1 fully saturated rings. The van der Waals surface area contributed by atoms with Crippen LogP contribution in [0.4, 0.5) is 0 Å². The van der Waals surface area contributed by atoms with Crippen LogP contribution in [0.25, 0.3) is 0 Å². The number of carbonyl (C=O) groups is 2. The van der Waals surface area contributed by atoms with Crippen molar-refractivity contribution in [2.24, 2.45) is 0 Å². The zero-order valence-corrected chi connectivity index (χ0v) is 42.2. The average Bonchev–Trinajstić information content (AvgIpc) is 3.28. The summed E-state index contributed by atoms with van der Waals surface area (Å²) < 4.78 is 0. The highest BCUT2D eigenvalue weighted by atomic mass is 16.2. The first-order valence-corrected chi connectivity index (χ1v) is 27.2. The predicted molar refractivity (Wildman–Crippen MR) is 272 cm³/mol. The fraction of sp³-hybridized carbons (Fsp3) is 0.855. The highest BCUT2D eigenvalue weighted by molar-refractivity contribution is 5.80. The van der Waals surface area contributed by atoms with Gasteiger partial charge in [0.15, 0.2) is 0 Å². The molecule has 1 aliphatic rings. The number of carbonyl (C=O) groups excluding carboxylic acids is 2. The number of hydrogen-bond acceptors (Lipinski definition) is 5. The highest BCUT2D eigenvalue weighted by Gasteiger charge is 2.26. The quantitative estimate of drug-likeness (QED) is 0.0451. The zero-order chi connectivity index (χ0) is 45.0. The van der Waals surface area contributed by atoms with E-state index in [-0.39, 0.29) is 11.8 Å². The van der Waals surface area contributed by atoms with E-state index in [0.717, 1.165) is 71.5 Å². The maximum atomic E-state index is 13.9. The Hall–Kier alpha value is -1.96. The van der Waals surface area contributed by atoms with Gasteiger partial charge in [0, 0.05) is 58.9 Å². The number of rotatable bonds is 44. The third kappa shape index (κ3) is 34.4. The lowest BCUT2D eigenvalue weighted by atomic mass is 10.1. The van der Waals surface area contributed by atoms with Gasteiger partial charge in [0.25, 0.3) is 0 Å². The molecule has 0 radical (unpaired) electrons. The Labute approximate surface area is 386 Å². The second-order valence-corrected chi connectivity index (χ2v) is 18.7. The molecule has 0 saturated carbocycles. The van der Waals surface area contributed by atoms with Gasteiger partial charge in [0.05, 0.1) is 13.1 Å². The first-order valence-electron chi connectivity index (χ1n) is 27.2. The van der Waals surface area contributed by atoms with E-state index in [1.54, 1.807) is 0 Å². The van der Waals surface area contributed by atoms with E-state index in [1.165, 1.54) is 161 Å². The van der Waals surface area contributed by atoms with Crippen molar-refractivity contribution in [3.63, 3.8) is 0 Å². The van der Waals surface area contributed by atoms with Gasteiger partial charge in [-0.15, -0.1) is 0 Å². The van der Waals surface area contributed by atoms with Gasteiger partial charge in [-0.25, -0.2) is 0 Å². The summed E-state index contributed by atoms with van der Waals surface area (Å²) in [7, 11) is 0.